The number of nitrogens with two attached hydrogens (primary N) is 1. The van der Waals surface area contributed by atoms with Gasteiger partial charge >= 0.3 is 0 Å². The van der Waals surface area contributed by atoms with Crippen LogP contribution < -0.4 is 5.73 Å². The van der Waals surface area contributed by atoms with Crippen LogP contribution >= 0.6 is 11.6 Å². The van der Waals surface area contributed by atoms with E-state index in [2.05, 4.69) is 4.98 Å². The molecule has 21 heavy (non-hydrogen) atoms. The fourth-order valence-electron chi connectivity index (χ4n) is 2.65. The second-order valence-electron chi connectivity index (χ2n) is 4.85. The number of aromatic nitrogens is 2. The molecule has 1 amide bonds. The Morgan fingerprint density at radius 3 is 3.05 bits per heavy atom. The second kappa shape index (κ2) is 5.33. The highest BCUT2D eigenvalue weighted by molar-refractivity contribution is 6.34. The van der Waals surface area contributed by atoms with Crippen molar-refractivity contribution >= 4 is 23.6 Å². The lowest BCUT2D eigenvalue weighted by atomic mass is 10.1. The molecule has 0 saturated heterocycles. The lowest BCUT2D eigenvalue weighted by molar-refractivity contribution is -0.117. The fourth-order valence-corrected chi connectivity index (χ4v) is 3.01. The van der Waals surface area contributed by atoms with Crippen molar-refractivity contribution in [3.63, 3.8) is 0 Å². The van der Waals surface area contributed by atoms with Crippen LogP contribution in [0, 0.1) is 5.95 Å². The van der Waals surface area contributed by atoms with Crippen LogP contribution in [-0.2, 0) is 17.8 Å². The summed E-state index contributed by atoms with van der Waals surface area (Å²) in [6.45, 7) is 0.675. The quantitative estimate of drug-likeness (QED) is 0.886. The van der Waals surface area contributed by atoms with Crippen LogP contribution in [0.15, 0.2) is 24.4 Å². The maximum Gasteiger partial charge on any atom is 0.222 e. The van der Waals surface area contributed by atoms with Crippen molar-refractivity contribution in [1.29, 1.82) is 0 Å². The van der Waals surface area contributed by atoms with Crippen LogP contribution in [0.25, 0.3) is 17.3 Å². The molecule has 1 aliphatic rings. The highest BCUT2D eigenvalue weighted by atomic mass is 35.5. The Morgan fingerprint density at radius 2 is 2.33 bits per heavy atom. The Balaban J connectivity index is 2.26. The number of fused-ring (bicyclic) bond motifs is 1. The van der Waals surface area contributed by atoms with Gasteiger partial charge in [-0.25, -0.2) is 4.98 Å². The van der Waals surface area contributed by atoms with Crippen molar-refractivity contribution < 1.29 is 9.18 Å². The Kier molecular flexibility index (Phi) is 3.51. The number of hydrogen-bond acceptors (Lipinski definition) is 2. The number of pyridine rings is 1. The number of primary amides is 1. The molecule has 2 aromatic heterocycles. The molecule has 0 radical (unpaired) electrons. The normalized spacial score (nSPS) is 13.2. The maximum absolute atomic E-state index is 14.0. The van der Waals surface area contributed by atoms with Gasteiger partial charge in [-0.05, 0) is 24.6 Å². The van der Waals surface area contributed by atoms with Crippen LogP contribution in [0.4, 0.5) is 4.39 Å². The zero-order valence-corrected chi connectivity index (χ0v) is 11.9. The minimum absolute atomic E-state index is 0.0282. The molecule has 1 aliphatic heterocycles. The van der Waals surface area contributed by atoms with Gasteiger partial charge in [0.1, 0.15) is 0 Å². The van der Waals surface area contributed by atoms with E-state index in [-0.39, 0.29) is 6.42 Å². The molecule has 0 aromatic carbocycles. The molecule has 4 nitrogen and oxygen atoms in total. The lowest BCUT2D eigenvalue weighted by Gasteiger charge is -2.14. The lowest BCUT2D eigenvalue weighted by Crippen LogP contribution is -2.15. The van der Waals surface area contributed by atoms with Gasteiger partial charge in [0.2, 0.25) is 11.9 Å². The molecule has 6 heteroatoms. The summed E-state index contributed by atoms with van der Waals surface area (Å²) in [4.78, 5) is 14.9. The number of rotatable bonds is 3. The fraction of sp³-hybridized carbons (Fsp3) is 0.200. The standard InChI is InChI=1S/C15H13ClFN3O/c16-13-10(8-12(18)21)11-5-1-2-7-20(11)14(13)9-4-3-6-19-15(9)17/h1,3-6H,2,7-8H2,(H2,18,21). The summed E-state index contributed by atoms with van der Waals surface area (Å²) in [5, 5.41) is 0.363. The van der Waals surface area contributed by atoms with Crippen LogP contribution in [0.5, 0.6) is 0 Å². The minimum atomic E-state index is -0.583. The molecule has 3 heterocycles. The van der Waals surface area contributed by atoms with Crippen LogP contribution in [-0.4, -0.2) is 15.5 Å². The maximum atomic E-state index is 14.0. The van der Waals surface area contributed by atoms with Gasteiger partial charge in [-0.1, -0.05) is 17.7 Å². The zero-order chi connectivity index (χ0) is 15.0. The van der Waals surface area contributed by atoms with Gasteiger partial charge in [0.05, 0.1) is 22.7 Å². The number of hydrogen-bond donors (Lipinski definition) is 1. The largest absolute Gasteiger partial charge is 0.369 e. The average Bonchev–Trinajstić information content (AvgIpc) is 2.73. The van der Waals surface area contributed by atoms with E-state index in [1.54, 1.807) is 12.1 Å². The molecule has 0 saturated carbocycles. The first-order valence-electron chi connectivity index (χ1n) is 6.56. The topological polar surface area (TPSA) is 60.9 Å². The predicted molar refractivity (Wildman–Crippen MR) is 79.2 cm³/mol. The summed E-state index contributed by atoms with van der Waals surface area (Å²) in [6, 6.07) is 3.28. The number of halogens is 2. The molecule has 0 unspecified atom stereocenters. The molecule has 108 valence electrons. The van der Waals surface area contributed by atoms with Crippen molar-refractivity contribution in [2.75, 3.05) is 0 Å². The van der Waals surface area contributed by atoms with Gasteiger partial charge in [0, 0.05) is 24.0 Å². The smallest absolute Gasteiger partial charge is 0.222 e. The SMILES string of the molecule is NC(=O)Cc1c(Cl)c(-c2cccnc2F)n2c1C=CCC2. The third-order valence-electron chi connectivity index (χ3n) is 3.50. The van der Waals surface area contributed by atoms with Crippen LogP contribution in [0.3, 0.4) is 0 Å². The van der Waals surface area contributed by atoms with Crippen molar-refractivity contribution in [3.8, 4) is 11.3 Å². The van der Waals surface area contributed by atoms with Gasteiger partial charge in [-0.2, -0.15) is 4.39 Å². The summed E-state index contributed by atoms with van der Waals surface area (Å²) in [5.41, 5.74) is 7.62. The first-order valence-corrected chi connectivity index (χ1v) is 6.94. The highest BCUT2D eigenvalue weighted by Crippen LogP contribution is 2.39. The summed E-state index contributed by atoms with van der Waals surface area (Å²) >= 11 is 6.41. The van der Waals surface area contributed by atoms with E-state index in [1.807, 2.05) is 16.7 Å². The number of amides is 1. The van der Waals surface area contributed by atoms with E-state index in [4.69, 9.17) is 17.3 Å². The number of nitrogens with zero attached hydrogens (tertiary/aromatic N) is 2. The van der Waals surface area contributed by atoms with Gasteiger partial charge in [-0.3, -0.25) is 4.79 Å². The number of allylic oxidation sites excluding steroid dienone is 1. The van der Waals surface area contributed by atoms with E-state index < -0.39 is 11.9 Å². The number of carbonyl (C=O) groups is 1. The van der Waals surface area contributed by atoms with Gasteiger partial charge in [0.25, 0.3) is 0 Å². The third-order valence-corrected chi connectivity index (χ3v) is 3.91. The van der Waals surface area contributed by atoms with Gasteiger partial charge in [-0.15, -0.1) is 0 Å². The first-order chi connectivity index (χ1) is 10.1. The highest BCUT2D eigenvalue weighted by Gasteiger charge is 2.25. The Labute approximate surface area is 126 Å². The third kappa shape index (κ3) is 2.34. The van der Waals surface area contributed by atoms with E-state index in [0.717, 1.165) is 12.1 Å². The predicted octanol–water partition coefficient (Wildman–Crippen LogP) is 2.79. The Morgan fingerprint density at radius 1 is 1.52 bits per heavy atom. The summed E-state index contributed by atoms with van der Waals surface area (Å²) < 4.78 is 15.9. The van der Waals surface area contributed by atoms with E-state index in [0.29, 0.717) is 28.4 Å². The molecule has 0 aliphatic carbocycles. The average molecular weight is 306 g/mol. The first kappa shape index (κ1) is 13.8. The second-order valence-corrected chi connectivity index (χ2v) is 5.23. The molecule has 0 spiro atoms. The zero-order valence-electron chi connectivity index (χ0n) is 11.1. The molecule has 3 rings (SSSR count). The van der Waals surface area contributed by atoms with Crippen molar-refractivity contribution in [3.05, 3.63) is 46.6 Å². The molecule has 0 bridgehead atoms. The van der Waals surface area contributed by atoms with Crippen molar-refractivity contribution in [1.82, 2.24) is 9.55 Å². The summed E-state index contributed by atoms with van der Waals surface area (Å²) in [7, 11) is 0. The summed E-state index contributed by atoms with van der Waals surface area (Å²) in [5.74, 6) is -1.05. The summed E-state index contributed by atoms with van der Waals surface area (Å²) in [6.07, 6.45) is 6.13. The minimum Gasteiger partial charge on any atom is -0.369 e. The van der Waals surface area contributed by atoms with E-state index >= 15 is 0 Å². The van der Waals surface area contributed by atoms with Crippen molar-refractivity contribution in [2.45, 2.75) is 19.4 Å². The Hall–Kier alpha value is -2.14. The van der Waals surface area contributed by atoms with E-state index in [1.165, 1.54) is 6.20 Å². The molecule has 0 atom stereocenters. The van der Waals surface area contributed by atoms with Gasteiger partial charge in [0.15, 0.2) is 0 Å². The molecular weight excluding hydrogens is 293 g/mol. The molecule has 0 fully saturated rings. The van der Waals surface area contributed by atoms with Crippen LogP contribution in [0.1, 0.15) is 17.7 Å². The molecule has 2 N–H and O–H groups in total. The Bertz CT molecular complexity index is 752. The van der Waals surface area contributed by atoms with E-state index in [9.17, 15) is 9.18 Å². The van der Waals surface area contributed by atoms with Gasteiger partial charge < -0.3 is 10.3 Å². The monoisotopic (exact) mass is 305 g/mol. The molecular formula is C15H13ClFN3O. The number of carbonyl (C=O) groups excluding carboxylic acids is 1. The van der Waals surface area contributed by atoms with Crippen molar-refractivity contribution in [2.24, 2.45) is 5.73 Å². The molecule has 2 aromatic rings. The van der Waals surface area contributed by atoms with Crippen LogP contribution in [0.2, 0.25) is 5.02 Å².